The first-order chi connectivity index (χ1) is 35.6. The molecule has 2 aromatic heterocycles. The van der Waals surface area contributed by atoms with Gasteiger partial charge in [0.2, 0.25) is 0 Å². The zero-order valence-electron chi connectivity index (χ0n) is 39.3. The Bertz CT molecular complexity index is 3430. The van der Waals surface area contributed by atoms with Crippen molar-refractivity contribution >= 4 is 0 Å². The van der Waals surface area contributed by atoms with Crippen LogP contribution in [0.15, 0.2) is 279 Å². The molecule has 0 amide bonds. The van der Waals surface area contributed by atoms with Crippen LogP contribution in [0.4, 0.5) is 0 Å². The molecule has 0 fully saturated rings. The molecule has 0 aliphatic carbocycles. The van der Waals surface area contributed by atoms with E-state index < -0.39 is 0 Å². The molecule has 338 valence electrons. The van der Waals surface area contributed by atoms with Gasteiger partial charge in [-0.05, 0) is 104 Å². The summed E-state index contributed by atoms with van der Waals surface area (Å²) < 4.78 is 0. The Balaban J connectivity index is 0.975. The first-order valence-corrected chi connectivity index (χ1v) is 24.3. The summed E-state index contributed by atoms with van der Waals surface area (Å²) in [4.78, 5) is 20.3. The van der Waals surface area contributed by atoms with Crippen molar-refractivity contribution in [3.05, 3.63) is 279 Å². The van der Waals surface area contributed by atoms with Gasteiger partial charge in [-0.15, -0.1) is 0 Å². The molecule has 0 spiro atoms. The second-order valence-electron chi connectivity index (χ2n) is 17.9. The number of aromatic nitrogens is 4. The number of nitrogens with zero attached hydrogens (tertiary/aromatic N) is 4. The van der Waals surface area contributed by atoms with Crippen LogP contribution < -0.4 is 0 Å². The molecule has 0 radical (unpaired) electrons. The van der Waals surface area contributed by atoms with Crippen molar-refractivity contribution in [2.45, 2.75) is 0 Å². The fraction of sp³-hybridized carbons (Fsp3) is 0. The lowest BCUT2D eigenvalue weighted by Gasteiger charge is -2.15. The third-order valence-electron chi connectivity index (χ3n) is 13.1. The van der Waals surface area contributed by atoms with Crippen LogP contribution in [0.2, 0.25) is 0 Å². The van der Waals surface area contributed by atoms with E-state index in [4.69, 9.17) is 19.9 Å². The number of hydrogen-bond acceptors (Lipinski definition) is 4. The Morgan fingerprint density at radius 1 is 0.139 bits per heavy atom. The third-order valence-corrected chi connectivity index (χ3v) is 13.1. The number of hydrogen-bond donors (Lipinski definition) is 0. The molecule has 2 heterocycles. The summed E-state index contributed by atoms with van der Waals surface area (Å²) >= 11 is 0. The van der Waals surface area contributed by atoms with E-state index in [1.54, 1.807) is 0 Å². The quantitative estimate of drug-likeness (QED) is 0.130. The van der Waals surface area contributed by atoms with Gasteiger partial charge in [0.1, 0.15) is 0 Å². The van der Waals surface area contributed by atoms with E-state index in [1.807, 2.05) is 72.8 Å². The second-order valence-corrected chi connectivity index (χ2v) is 17.9. The molecule has 12 rings (SSSR count). The van der Waals surface area contributed by atoms with Crippen molar-refractivity contribution in [3.63, 3.8) is 0 Å². The fourth-order valence-electron chi connectivity index (χ4n) is 9.32. The molecule has 4 nitrogen and oxygen atoms in total. The van der Waals surface area contributed by atoms with Crippen LogP contribution >= 0.6 is 0 Å². The summed E-state index contributed by atoms with van der Waals surface area (Å²) in [5, 5.41) is 0. The first kappa shape index (κ1) is 43.6. The highest BCUT2D eigenvalue weighted by molar-refractivity contribution is 5.87. The van der Waals surface area contributed by atoms with Crippen LogP contribution in [0.1, 0.15) is 0 Å². The molecule has 72 heavy (non-hydrogen) atoms. The topological polar surface area (TPSA) is 51.6 Å². The Morgan fingerprint density at radius 3 is 0.583 bits per heavy atom. The SMILES string of the molecule is c1ccc(-c2cc(-c3ccccc3)cc(-c3cc(-c4ccc(-c5cc(-c6ccccc6)nc(-c6ccccc6)n5)cc4)cc(-c4ccc(-c5cc(-c6ccccc6)nc(-c6ccccc6)n5)cc4)c3)c2)cc1. The van der Waals surface area contributed by atoms with Gasteiger partial charge in [0.05, 0.1) is 22.8 Å². The average Bonchev–Trinajstić information content (AvgIpc) is 3.48. The standard InChI is InChI=1S/C68H46N4/c1-7-19-47(20-8-1)57-39-58(48-21-9-2-10-22-48)42-61(41-57)62-43-59(49-31-35-53(36-32-49)65-45-63(51-23-11-3-12-24-51)69-67(71-65)55-27-15-5-16-28-55)40-60(44-62)50-33-37-54(38-34-50)66-46-64(52-25-13-4-14-26-52)70-68(72-66)56-29-17-6-18-30-56/h1-46H. The van der Waals surface area contributed by atoms with Crippen molar-refractivity contribution in [2.24, 2.45) is 0 Å². The molecule has 10 aromatic carbocycles. The van der Waals surface area contributed by atoms with E-state index in [2.05, 4.69) is 206 Å². The molecule has 0 atom stereocenters. The lowest BCUT2D eigenvalue weighted by molar-refractivity contribution is 1.18. The van der Waals surface area contributed by atoms with Gasteiger partial charge in [0.25, 0.3) is 0 Å². The molecular weight excluding hydrogens is 873 g/mol. The van der Waals surface area contributed by atoms with Crippen LogP contribution in [0.3, 0.4) is 0 Å². The summed E-state index contributed by atoms with van der Waals surface area (Å²) in [6.07, 6.45) is 0. The lowest BCUT2D eigenvalue weighted by Crippen LogP contribution is -1.96. The summed E-state index contributed by atoms with van der Waals surface area (Å²) in [5.74, 6) is 1.39. The highest BCUT2D eigenvalue weighted by atomic mass is 14.9. The maximum absolute atomic E-state index is 5.13. The molecule has 12 aromatic rings. The molecule has 4 heteroatoms. The van der Waals surface area contributed by atoms with Gasteiger partial charge in [0.15, 0.2) is 11.6 Å². The predicted octanol–water partition coefficient (Wildman–Crippen LogP) is 17.6. The first-order valence-electron chi connectivity index (χ1n) is 24.3. The van der Waals surface area contributed by atoms with Gasteiger partial charge in [-0.2, -0.15) is 0 Å². The highest BCUT2D eigenvalue weighted by Gasteiger charge is 2.16. The zero-order chi connectivity index (χ0) is 48.1. The largest absolute Gasteiger partial charge is 0.228 e. The molecule has 0 saturated heterocycles. The maximum Gasteiger partial charge on any atom is 0.160 e. The minimum Gasteiger partial charge on any atom is -0.228 e. The Kier molecular flexibility index (Phi) is 12.0. The molecule has 0 saturated carbocycles. The van der Waals surface area contributed by atoms with E-state index in [0.717, 1.165) is 101 Å². The lowest BCUT2D eigenvalue weighted by atomic mass is 9.89. The summed E-state index contributed by atoms with van der Waals surface area (Å²) in [6, 6.07) is 98.0. The number of benzene rings is 10. The van der Waals surface area contributed by atoms with Crippen LogP contribution in [0, 0.1) is 0 Å². The van der Waals surface area contributed by atoms with Crippen molar-refractivity contribution in [3.8, 4) is 123 Å². The normalized spacial score (nSPS) is 11.1. The van der Waals surface area contributed by atoms with Crippen molar-refractivity contribution in [1.82, 2.24) is 19.9 Å². The van der Waals surface area contributed by atoms with Crippen LogP contribution in [-0.2, 0) is 0 Å². The van der Waals surface area contributed by atoms with Crippen molar-refractivity contribution in [2.75, 3.05) is 0 Å². The Hall–Kier alpha value is -9.64. The molecule has 0 bridgehead atoms. The molecule has 0 N–H and O–H groups in total. The van der Waals surface area contributed by atoms with E-state index in [0.29, 0.717) is 11.6 Å². The third kappa shape index (κ3) is 9.41. The van der Waals surface area contributed by atoms with E-state index in [-0.39, 0.29) is 0 Å². The van der Waals surface area contributed by atoms with Crippen LogP contribution in [-0.4, -0.2) is 19.9 Å². The predicted molar refractivity (Wildman–Crippen MR) is 297 cm³/mol. The van der Waals surface area contributed by atoms with Gasteiger partial charge in [0, 0.05) is 33.4 Å². The van der Waals surface area contributed by atoms with Gasteiger partial charge < -0.3 is 0 Å². The fourth-order valence-corrected chi connectivity index (χ4v) is 9.32. The molecule has 0 aliphatic rings. The van der Waals surface area contributed by atoms with Crippen molar-refractivity contribution in [1.29, 1.82) is 0 Å². The highest BCUT2D eigenvalue weighted by Crippen LogP contribution is 2.39. The zero-order valence-corrected chi connectivity index (χ0v) is 39.3. The molecule has 0 aliphatic heterocycles. The minimum absolute atomic E-state index is 0.694. The average molecular weight is 919 g/mol. The minimum atomic E-state index is 0.694. The van der Waals surface area contributed by atoms with E-state index in [9.17, 15) is 0 Å². The van der Waals surface area contributed by atoms with Gasteiger partial charge >= 0.3 is 0 Å². The van der Waals surface area contributed by atoms with Crippen LogP contribution in [0.5, 0.6) is 0 Å². The second kappa shape index (κ2) is 19.8. The summed E-state index contributed by atoms with van der Waals surface area (Å²) in [7, 11) is 0. The maximum atomic E-state index is 5.13. The Morgan fingerprint density at radius 2 is 0.319 bits per heavy atom. The Labute approximate surface area is 420 Å². The summed E-state index contributed by atoms with van der Waals surface area (Å²) in [6.45, 7) is 0. The van der Waals surface area contributed by atoms with E-state index >= 15 is 0 Å². The van der Waals surface area contributed by atoms with Crippen LogP contribution in [0.25, 0.3) is 123 Å². The number of rotatable bonds is 11. The van der Waals surface area contributed by atoms with Gasteiger partial charge in [-0.25, -0.2) is 19.9 Å². The van der Waals surface area contributed by atoms with Gasteiger partial charge in [-0.1, -0.05) is 231 Å². The van der Waals surface area contributed by atoms with Crippen molar-refractivity contribution < 1.29 is 0 Å². The monoisotopic (exact) mass is 918 g/mol. The summed E-state index contributed by atoms with van der Waals surface area (Å²) in [5.41, 5.74) is 20.9. The van der Waals surface area contributed by atoms with E-state index in [1.165, 1.54) is 11.1 Å². The van der Waals surface area contributed by atoms with Gasteiger partial charge in [-0.3, -0.25) is 0 Å². The smallest absolute Gasteiger partial charge is 0.160 e. The molecular formula is C68H46N4. The molecule has 0 unspecified atom stereocenters.